The summed E-state index contributed by atoms with van der Waals surface area (Å²) in [5.41, 5.74) is 0.186. The first-order chi connectivity index (χ1) is 15.5. The van der Waals surface area contributed by atoms with Crippen molar-refractivity contribution in [3.63, 3.8) is 0 Å². The molecule has 3 amide bonds. The summed E-state index contributed by atoms with van der Waals surface area (Å²) in [7, 11) is -0.414. The van der Waals surface area contributed by atoms with Crippen molar-refractivity contribution in [2.75, 3.05) is 20.3 Å². The molecule has 1 aromatic carbocycles. The molecule has 0 aromatic heterocycles. The van der Waals surface area contributed by atoms with Crippen molar-refractivity contribution >= 4 is 20.4 Å². The largest absolute Gasteiger partial charge is 0.497 e. The van der Waals surface area contributed by atoms with E-state index in [4.69, 9.17) is 13.9 Å². The number of amides is 3. The fourth-order valence-corrected chi connectivity index (χ4v) is 3.90. The molecule has 1 aromatic rings. The minimum atomic E-state index is -2.02. The number of urea groups is 1. The third-order valence-corrected chi connectivity index (χ3v) is 10.4. The number of ether oxygens (including phenoxy) is 2. The van der Waals surface area contributed by atoms with E-state index < -0.39 is 26.0 Å². The molecule has 0 bridgehead atoms. The van der Waals surface area contributed by atoms with E-state index in [0.717, 1.165) is 16.2 Å². The molecule has 1 rings (SSSR count). The summed E-state index contributed by atoms with van der Waals surface area (Å²) >= 11 is 0. The van der Waals surface area contributed by atoms with Crippen molar-refractivity contribution in [3.8, 4) is 5.75 Å². The topological polar surface area (TPSA) is 68.3 Å². The maximum Gasteiger partial charge on any atom is 0.418 e. The number of methoxy groups -OCH3 is 1. The summed E-state index contributed by atoms with van der Waals surface area (Å²) in [6.45, 7) is 22.6. The van der Waals surface area contributed by atoms with Gasteiger partial charge in [0.15, 0.2) is 8.32 Å². The van der Waals surface area contributed by atoms with Crippen molar-refractivity contribution in [1.82, 2.24) is 9.80 Å². The summed E-state index contributed by atoms with van der Waals surface area (Å²) < 4.78 is 17.2. The second kappa shape index (κ2) is 11.9. The predicted molar refractivity (Wildman–Crippen MR) is 140 cm³/mol. The Morgan fingerprint density at radius 3 is 2.09 bits per heavy atom. The van der Waals surface area contributed by atoms with E-state index >= 15 is 0 Å². The van der Waals surface area contributed by atoms with Gasteiger partial charge in [0.2, 0.25) is 0 Å². The highest BCUT2D eigenvalue weighted by atomic mass is 28.4. The van der Waals surface area contributed by atoms with Crippen LogP contribution in [0.15, 0.2) is 36.9 Å². The van der Waals surface area contributed by atoms with Gasteiger partial charge in [-0.15, -0.1) is 6.58 Å². The zero-order valence-corrected chi connectivity index (χ0v) is 23.7. The molecule has 0 fully saturated rings. The highest BCUT2D eigenvalue weighted by Gasteiger charge is 2.39. The monoisotopic (exact) mass is 492 g/mol. The van der Waals surface area contributed by atoms with E-state index in [-0.39, 0.29) is 17.6 Å². The highest BCUT2D eigenvalue weighted by Crippen LogP contribution is 2.36. The maximum absolute atomic E-state index is 13.7. The SMILES string of the molecule is C=CCN(C(=O)OC(C)(C)C)C(=O)N(Cc1ccc(OC)cc1)[C@@H](C)CO[Si](C)(C)C(C)(C)C. The second-order valence-electron chi connectivity index (χ2n) is 11.1. The van der Waals surface area contributed by atoms with Crippen LogP contribution in [0.5, 0.6) is 5.75 Å². The van der Waals surface area contributed by atoms with Gasteiger partial charge >= 0.3 is 12.1 Å². The molecule has 192 valence electrons. The smallest absolute Gasteiger partial charge is 0.418 e. The number of hydrogen-bond donors (Lipinski definition) is 0. The molecule has 0 aliphatic rings. The molecule has 1 atom stereocenters. The van der Waals surface area contributed by atoms with E-state index in [1.165, 1.54) is 6.08 Å². The molecule has 8 heteroatoms. The van der Waals surface area contributed by atoms with Crippen LogP contribution in [0.4, 0.5) is 9.59 Å². The lowest BCUT2D eigenvalue weighted by molar-refractivity contribution is 0.0276. The molecule has 0 saturated heterocycles. The van der Waals surface area contributed by atoms with Gasteiger partial charge < -0.3 is 18.8 Å². The standard InChI is InChI=1S/C26H44N2O5Si/c1-12-17-27(24(30)33-25(3,4)5)23(29)28(18-21-13-15-22(31-9)16-14-21)20(2)19-32-34(10,11)26(6,7)8/h12-16,20H,1,17-19H2,2-11H3/t20-/m0/s1. The zero-order valence-electron chi connectivity index (χ0n) is 22.7. The Hall–Kier alpha value is -2.32. The van der Waals surface area contributed by atoms with Gasteiger partial charge in [-0.1, -0.05) is 39.0 Å². The molecule has 0 aliphatic heterocycles. The molecule has 0 spiro atoms. The fraction of sp³-hybridized carbons (Fsp3) is 0.615. The van der Waals surface area contributed by atoms with Crippen LogP contribution in [0.25, 0.3) is 0 Å². The minimum absolute atomic E-state index is 0.0443. The Morgan fingerprint density at radius 2 is 1.65 bits per heavy atom. The Kier molecular flexibility index (Phi) is 10.4. The van der Waals surface area contributed by atoms with Gasteiger partial charge in [-0.2, -0.15) is 0 Å². The predicted octanol–water partition coefficient (Wildman–Crippen LogP) is 6.45. The maximum atomic E-state index is 13.7. The number of rotatable bonds is 9. The van der Waals surface area contributed by atoms with Crippen LogP contribution in [-0.4, -0.2) is 62.1 Å². The molecule has 34 heavy (non-hydrogen) atoms. The van der Waals surface area contributed by atoms with Crippen LogP contribution >= 0.6 is 0 Å². The molecule has 0 saturated carbocycles. The lowest BCUT2D eigenvalue weighted by atomic mass is 10.2. The van der Waals surface area contributed by atoms with Crippen LogP contribution in [-0.2, 0) is 15.7 Å². The Bertz CT molecular complexity index is 825. The summed E-state index contributed by atoms with van der Waals surface area (Å²) in [6.07, 6.45) is 0.819. The zero-order chi connectivity index (χ0) is 26.3. The Labute approximate surface area is 207 Å². The van der Waals surface area contributed by atoms with E-state index in [1.54, 1.807) is 32.8 Å². The lowest BCUT2D eigenvalue weighted by Gasteiger charge is -2.39. The quantitative estimate of drug-likeness (QED) is 0.293. The van der Waals surface area contributed by atoms with Crippen molar-refractivity contribution in [3.05, 3.63) is 42.5 Å². The van der Waals surface area contributed by atoms with Crippen molar-refractivity contribution in [2.24, 2.45) is 0 Å². The number of nitrogens with zero attached hydrogens (tertiary/aromatic N) is 2. The summed E-state index contributed by atoms with van der Waals surface area (Å²) in [5, 5.41) is 0.0446. The molecule has 7 nitrogen and oxygen atoms in total. The number of carbonyl (C=O) groups excluding carboxylic acids is 2. The van der Waals surface area contributed by atoms with E-state index in [0.29, 0.717) is 13.2 Å². The fourth-order valence-electron chi connectivity index (χ4n) is 2.81. The molecule has 0 unspecified atom stereocenters. The third kappa shape index (κ3) is 8.80. The number of imide groups is 1. The van der Waals surface area contributed by atoms with Gasteiger partial charge in [0, 0.05) is 6.54 Å². The average Bonchev–Trinajstić information content (AvgIpc) is 2.72. The van der Waals surface area contributed by atoms with Crippen LogP contribution < -0.4 is 4.74 Å². The Balaban J connectivity index is 3.25. The van der Waals surface area contributed by atoms with Crippen LogP contribution in [0.3, 0.4) is 0 Å². The average molecular weight is 493 g/mol. The third-order valence-electron chi connectivity index (χ3n) is 5.94. The normalized spacial score (nSPS) is 13.1. The van der Waals surface area contributed by atoms with Crippen molar-refractivity contribution in [1.29, 1.82) is 0 Å². The molecular formula is C26H44N2O5Si. The van der Waals surface area contributed by atoms with Crippen LogP contribution in [0.2, 0.25) is 18.1 Å². The summed E-state index contributed by atoms with van der Waals surface area (Å²) in [6, 6.07) is 6.79. The van der Waals surface area contributed by atoms with E-state index in [9.17, 15) is 9.59 Å². The van der Waals surface area contributed by atoms with E-state index in [1.807, 2.05) is 31.2 Å². The minimum Gasteiger partial charge on any atom is -0.497 e. The van der Waals surface area contributed by atoms with Gasteiger partial charge in [0.1, 0.15) is 11.4 Å². The van der Waals surface area contributed by atoms with Crippen LogP contribution in [0.1, 0.15) is 54.0 Å². The van der Waals surface area contributed by atoms with E-state index in [2.05, 4.69) is 40.4 Å². The lowest BCUT2D eigenvalue weighted by Crippen LogP contribution is -2.52. The van der Waals surface area contributed by atoms with Crippen molar-refractivity contribution in [2.45, 2.75) is 84.8 Å². The summed E-state index contributed by atoms with van der Waals surface area (Å²) in [4.78, 5) is 29.3. The van der Waals surface area contributed by atoms with Gasteiger partial charge in [0.05, 0.1) is 26.3 Å². The molecule has 0 heterocycles. The van der Waals surface area contributed by atoms with Crippen LogP contribution in [0, 0.1) is 0 Å². The van der Waals surface area contributed by atoms with Crippen molar-refractivity contribution < 1.29 is 23.5 Å². The molecular weight excluding hydrogens is 448 g/mol. The molecule has 0 radical (unpaired) electrons. The first-order valence-electron chi connectivity index (χ1n) is 11.7. The number of hydrogen-bond acceptors (Lipinski definition) is 5. The molecule has 0 N–H and O–H groups in total. The van der Waals surface area contributed by atoms with Gasteiger partial charge in [-0.05, 0) is 63.5 Å². The number of benzene rings is 1. The highest BCUT2D eigenvalue weighted by molar-refractivity contribution is 6.74. The first-order valence-corrected chi connectivity index (χ1v) is 14.6. The molecule has 0 aliphatic carbocycles. The first kappa shape index (κ1) is 29.7. The van der Waals surface area contributed by atoms with Gasteiger partial charge in [-0.3, -0.25) is 0 Å². The summed E-state index contributed by atoms with van der Waals surface area (Å²) in [5.74, 6) is 0.734. The van der Waals surface area contributed by atoms with Gasteiger partial charge in [-0.25, -0.2) is 14.5 Å². The van der Waals surface area contributed by atoms with Gasteiger partial charge in [0.25, 0.3) is 0 Å². The Morgan fingerprint density at radius 1 is 1.09 bits per heavy atom. The number of carbonyl (C=O) groups is 2. The second-order valence-corrected chi connectivity index (χ2v) is 15.9.